The molecule has 78 valence electrons. The van der Waals surface area contributed by atoms with Gasteiger partial charge in [-0.25, -0.2) is 13.8 Å². The first-order valence-corrected chi connectivity index (χ1v) is 4.30. The Bertz CT molecular complexity index is 308. The molecule has 1 rings (SSSR count). The highest BCUT2D eigenvalue weighted by Crippen LogP contribution is 2.27. The molecule has 0 unspecified atom stereocenters. The third kappa shape index (κ3) is 2.10. The second-order valence-electron chi connectivity index (χ2n) is 2.59. The summed E-state index contributed by atoms with van der Waals surface area (Å²) in [5.74, 6) is -0.508. The van der Waals surface area contributed by atoms with Gasteiger partial charge >= 0.3 is 0 Å². The van der Waals surface area contributed by atoms with Gasteiger partial charge in [0.15, 0.2) is 0 Å². The lowest BCUT2D eigenvalue weighted by Gasteiger charge is -2.08. The number of pyridine rings is 1. The average molecular weight is 224 g/mol. The number of aliphatic hydroxyl groups is 1. The SMILES string of the molecule is OCc1cc(C(F)F)nc(CCl)c1O. The lowest BCUT2D eigenvalue weighted by molar-refractivity contribution is 0.145. The largest absolute Gasteiger partial charge is 0.506 e. The maximum atomic E-state index is 12.3. The van der Waals surface area contributed by atoms with Crippen LogP contribution in [0.5, 0.6) is 5.75 Å². The Morgan fingerprint density at radius 2 is 2.14 bits per heavy atom. The van der Waals surface area contributed by atoms with Crippen molar-refractivity contribution in [2.24, 2.45) is 0 Å². The van der Waals surface area contributed by atoms with Gasteiger partial charge in [0.2, 0.25) is 0 Å². The molecule has 6 heteroatoms. The molecule has 1 heterocycles. The number of aromatic nitrogens is 1. The number of aromatic hydroxyl groups is 1. The minimum absolute atomic E-state index is 0.00551. The number of alkyl halides is 3. The van der Waals surface area contributed by atoms with Crippen molar-refractivity contribution in [2.75, 3.05) is 0 Å². The molecule has 0 saturated heterocycles. The summed E-state index contributed by atoms with van der Waals surface area (Å²) >= 11 is 5.39. The first-order valence-electron chi connectivity index (χ1n) is 3.76. The molecule has 0 radical (unpaired) electrons. The van der Waals surface area contributed by atoms with Crippen LogP contribution in [0, 0.1) is 0 Å². The fourth-order valence-corrected chi connectivity index (χ4v) is 1.19. The topological polar surface area (TPSA) is 53.4 Å². The fraction of sp³-hybridized carbons (Fsp3) is 0.375. The molecule has 0 aliphatic carbocycles. The van der Waals surface area contributed by atoms with Gasteiger partial charge < -0.3 is 10.2 Å². The Hall–Kier alpha value is -0.940. The van der Waals surface area contributed by atoms with E-state index in [0.717, 1.165) is 6.07 Å². The van der Waals surface area contributed by atoms with E-state index >= 15 is 0 Å². The quantitative estimate of drug-likeness (QED) is 0.771. The van der Waals surface area contributed by atoms with E-state index in [9.17, 15) is 13.9 Å². The molecule has 2 N–H and O–H groups in total. The molecule has 0 atom stereocenters. The lowest BCUT2D eigenvalue weighted by Crippen LogP contribution is -1.99. The summed E-state index contributed by atoms with van der Waals surface area (Å²) in [7, 11) is 0. The van der Waals surface area contributed by atoms with Crippen molar-refractivity contribution in [3.8, 4) is 5.75 Å². The zero-order chi connectivity index (χ0) is 10.7. The maximum Gasteiger partial charge on any atom is 0.280 e. The first-order chi connectivity index (χ1) is 6.60. The van der Waals surface area contributed by atoms with Crippen LogP contribution in [0.25, 0.3) is 0 Å². The molecule has 3 nitrogen and oxygen atoms in total. The van der Waals surface area contributed by atoms with E-state index in [2.05, 4.69) is 4.98 Å². The Morgan fingerprint density at radius 1 is 1.50 bits per heavy atom. The van der Waals surface area contributed by atoms with E-state index in [0.29, 0.717) is 0 Å². The molecule has 14 heavy (non-hydrogen) atoms. The molecule has 0 spiro atoms. The Labute approximate surface area is 84.0 Å². The van der Waals surface area contributed by atoms with Gasteiger partial charge in [-0.2, -0.15) is 0 Å². The number of hydrogen-bond donors (Lipinski definition) is 2. The van der Waals surface area contributed by atoms with Gasteiger partial charge in [-0.1, -0.05) is 0 Å². The molecule has 0 aromatic carbocycles. The van der Waals surface area contributed by atoms with Crippen LogP contribution >= 0.6 is 11.6 Å². The van der Waals surface area contributed by atoms with Crippen molar-refractivity contribution in [3.63, 3.8) is 0 Å². The molecule has 0 amide bonds. The smallest absolute Gasteiger partial charge is 0.280 e. The zero-order valence-corrected chi connectivity index (χ0v) is 7.80. The third-order valence-electron chi connectivity index (χ3n) is 1.68. The molecule has 0 fully saturated rings. The highest BCUT2D eigenvalue weighted by molar-refractivity contribution is 6.17. The van der Waals surface area contributed by atoms with Crippen molar-refractivity contribution in [1.82, 2.24) is 4.98 Å². The Balaban J connectivity index is 3.25. The third-order valence-corrected chi connectivity index (χ3v) is 1.94. The Morgan fingerprint density at radius 3 is 2.57 bits per heavy atom. The van der Waals surface area contributed by atoms with Gasteiger partial charge in [-0.3, -0.25) is 0 Å². The van der Waals surface area contributed by atoms with Crippen LogP contribution < -0.4 is 0 Å². The van der Waals surface area contributed by atoms with Gasteiger partial charge in [-0.15, -0.1) is 11.6 Å². The lowest BCUT2D eigenvalue weighted by atomic mass is 10.2. The molecule has 0 bridgehead atoms. The predicted octanol–water partition coefficient (Wildman–Crippen LogP) is 1.96. The summed E-state index contributed by atoms with van der Waals surface area (Å²) < 4.78 is 24.5. The zero-order valence-electron chi connectivity index (χ0n) is 7.04. The van der Waals surface area contributed by atoms with Crippen LogP contribution in [-0.4, -0.2) is 15.2 Å². The standard InChI is InChI=1S/C8H8ClF2NO2/c9-2-6-7(14)4(3-13)1-5(12-6)8(10)11/h1,8,13-14H,2-3H2. The number of halogens is 3. The van der Waals surface area contributed by atoms with E-state index in [1.54, 1.807) is 0 Å². The average Bonchev–Trinajstić information content (AvgIpc) is 2.17. The van der Waals surface area contributed by atoms with Crippen LogP contribution in [0.1, 0.15) is 23.4 Å². The molecular formula is C8H8ClF2NO2. The highest BCUT2D eigenvalue weighted by atomic mass is 35.5. The molecule has 1 aromatic heterocycles. The number of rotatable bonds is 3. The second-order valence-corrected chi connectivity index (χ2v) is 2.86. The van der Waals surface area contributed by atoms with Crippen molar-refractivity contribution in [2.45, 2.75) is 18.9 Å². The van der Waals surface area contributed by atoms with Crippen LogP contribution in [0.2, 0.25) is 0 Å². The van der Waals surface area contributed by atoms with Crippen LogP contribution in [-0.2, 0) is 12.5 Å². The molecule has 1 aromatic rings. The normalized spacial score (nSPS) is 10.9. The highest BCUT2D eigenvalue weighted by Gasteiger charge is 2.15. The van der Waals surface area contributed by atoms with E-state index in [1.165, 1.54) is 0 Å². The van der Waals surface area contributed by atoms with E-state index in [4.69, 9.17) is 16.7 Å². The van der Waals surface area contributed by atoms with Crippen LogP contribution in [0.4, 0.5) is 8.78 Å². The molecule has 0 aliphatic rings. The summed E-state index contributed by atoms with van der Waals surface area (Å²) in [5.41, 5.74) is -0.540. The van der Waals surface area contributed by atoms with Crippen LogP contribution in [0.15, 0.2) is 6.07 Å². The minimum Gasteiger partial charge on any atom is -0.506 e. The molecular weight excluding hydrogens is 216 g/mol. The first kappa shape index (κ1) is 11.1. The summed E-state index contributed by atoms with van der Waals surface area (Å²) in [6, 6.07) is 0.954. The molecule has 0 saturated carbocycles. The second kappa shape index (κ2) is 4.52. The van der Waals surface area contributed by atoms with Crippen molar-refractivity contribution in [1.29, 1.82) is 0 Å². The summed E-state index contributed by atoms with van der Waals surface area (Å²) in [4.78, 5) is 3.46. The van der Waals surface area contributed by atoms with E-state index in [1.807, 2.05) is 0 Å². The number of nitrogens with zero attached hydrogens (tertiary/aromatic N) is 1. The van der Waals surface area contributed by atoms with Gasteiger partial charge in [-0.05, 0) is 6.07 Å². The van der Waals surface area contributed by atoms with Crippen molar-refractivity contribution in [3.05, 3.63) is 23.0 Å². The summed E-state index contributed by atoms with van der Waals surface area (Å²) in [5, 5.41) is 18.1. The maximum absolute atomic E-state index is 12.3. The minimum atomic E-state index is -2.75. The number of hydrogen-bond acceptors (Lipinski definition) is 3. The monoisotopic (exact) mass is 223 g/mol. The van der Waals surface area contributed by atoms with Crippen molar-refractivity contribution >= 4 is 11.6 Å². The van der Waals surface area contributed by atoms with Gasteiger partial charge in [0.25, 0.3) is 6.43 Å². The van der Waals surface area contributed by atoms with Crippen LogP contribution in [0.3, 0.4) is 0 Å². The van der Waals surface area contributed by atoms with Gasteiger partial charge in [0.05, 0.1) is 18.2 Å². The van der Waals surface area contributed by atoms with Crippen molar-refractivity contribution < 1.29 is 19.0 Å². The van der Waals surface area contributed by atoms with Gasteiger partial charge in [0.1, 0.15) is 11.4 Å². The van der Waals surface area contributed by atoms with Gasteiger partial charge in [0, 0.05) is 5.56 Å². The predicted molar refractivity (Wildman–Crippen MR) is 46.3 cm³/mol. The fourth-order valence-electron chi connectivity index (χ4n) is 0.999. The summed E-state index contributed by atoms with van der Waals surface area (Å²) in [6.07, 6.45) is -2.75. The van der Waals surface area contributed by atoms with E-state index < -0.39 is 18.7 Å². The Kier molecular flexibility index (Phi) is 3.60. The number of aliphatic hydroxyl groups excluding tert-OH is 1. The van der Waals surface area contributed by atoms with E-state index in [-0.39, 0.29) is 22.9 Å². The summed E-state index contributed by atoms with van der Waals surface area (Å²) in [6.45, 7) is -0.530. The molecule has 0 aliphatic heterocycles.